The zero-order valence-electron chi connectivity index (χ0n) is 11.6. The fourth-order valence-electron chi connectivity index (χ4n) is 1.39. The number of rotatable bonds is 5. The van der Waals surface area contributed by atoms with Crippen LogP contribution in [0.5, 0.6) is 0 Å². The molecule has 7 heteroatoms. The number of nitrogens with one attached hydrogen (secondary N) is 2. The van der Waals surface area contributed by atoms with Crippen LogP contribution in [-0.2, 0) is 10.0 Å². The minimum atomic E-state index is -3.59. The van der Waals surface area contributed by atoms with Gasteiger partial charge in [0.1, 0.15) is 0 Å². The number of hydrogen-bond acceptors (Lipinski definition) is 4. The monoisotopic (exact) mass is 298 g/mol. The molecular formula is C13H18N2O4S. The highest BCUT2D eigenvalue weighted by molar-refractivity contribution is 7.90. The summed E-state index contributed by atoms with van der Waals surface area (Å²) in [5.41, 5.74) is 0.594. The van der Waals surface area contributed by atoms with Crippen LogP contribution >= 0.6 is 0 Å². The van der Waals surface area contributed by atoms with Crippen molar-refractivity contribution in [2.75, 3.05) is 5.75 Å². The van der Waals surface area contributed by atoms with Gasteiger partial charge in [0.25, 0.3) is 11.8 Å². The van der Waals surface area contributed by atoms with E-state index in [2.05, 4.69) is 5.32 Å². The van der Waals surface area contributed by atoms with E-state index in [4.69, 9.17) is 0 Å². The average molecular weight is 298 g/mol. The van der Waals surface area contributed by atoms with E-state index in [9.17, 15) is 18.0 Å². The van der Waals surface area contributed by atoms with Crippen molar-refractivity contribution in [3.05, 3.63) is 35.4 Å². The highest BCUT2D eigenvalue weighted by Gasteiger charge is 2.14. The Balaban J connectivity index is 2.81. The second kappa shape index (κ2) is 6.51. The molecule has 1 aromatic rings. The summed E-state index contributed by atoms with van der Waals surface area (Å²) in [5.74, 6) is -1.12. The Morgan fingerprint density at radius 1 is 1.05 bits per heavy atom. The molecule has 0 fully saturated rings. The molecule has 0 heterocycles. The molecule has 0 spiro atoms. The van der Waals surface area contributed by atoms with Crippen molar-refractivity contribution in [2.45, 2.75) is 26.8 Å². The maximum atomic E-state index is 11.7. The minimum absolute atomic E-state index is 0.0140. The van der Waals surface area contributed by atoms with Crippen molar-refractivity contribution in [2.24, 2.45) is 0 Å². The summed E-state index contributed by atoms with van der Waals surface area (Å²) in [6, 6.07) is 5.79. The Bertz CT molecular complexity index is 591. The van der Waals surface area contributed by atoms with Crippen LogP contribution in [0.4, 0.5) is 0 Å². The lowest BCUT2D eigenvalue weighted by Gasteiger charge is -2.09. The normalized spacial score (nSPS) is 11.2. The van der Waals surface area contributed by atoms with Gasteiger partial charge in [0, 0.05) is 17.2 Å². The summed E-state index contributed by atoms with van der Waals surface area (Å²) in [6.45, 7) is 5.12. The average Bonchev–Trinajstić information content (AvgIpc) is 2.37. The Morgan fingerprint density at radius 2 is 1.50 bits per heavy atom. The predicted molar refractivity (Wildman–Crippen MR) is 76.0 cm³/mol. The SMILES string of the molecule is CCS(=O)(=O)NC(=O)c1ccc(C(=O)NC(C)C)cc1. The van der Waals surface area contributed by atoms with Gasteiger partial charge in [-0.15, -0.1) is 0 Å². The molecular weight excluding hydrogens is 280 g/mol. The molecule has 0 atom stereocenters. The van der Waals surface area contributed by atoms with Gasteiger partial charge in [0.15, 0.2) is 0 Å². The van der Waals surface area contributed by atoms with E-state index in [0.29, 0.717) is 5.56 Å². The number of hydrogen-bond donors (Lipinski definition) is 2. The fraction of sp³-hybridized carbons (Fsp3) is 0.385. The van der Waals surface area contributed by atoms with E-state index < -0.39 is 15.9 Å². The number of carbonyl (C=O) groups is 2. The van der Waals surface area contributed by atoms with E-state index in [1.165, 1.54) is 31.2 Å². The molecule has 20 heavy (non-hydrogen) atoms. The van der Waals surface area contributed by atoms with Crippen molar-refractivity contribution in [3.8, 4) is 0 Å². The first kappa shape index (κ1) is 16.2. The third-order valence-corrected chi connectivity index (χ3v) is 3.71. The smallest absolute Gasteiger partial charge is 0.264 e. The van der Waals surface area contributed by atoms with Gasteiger partial charge in [0.05, 0.1) is 5.75 Å². The van der Waals surface area contributed by atoms with E-state index in [0.717, 1.165) is 0 Å². The molecule has 110 valence electrons. The first-order chi connectivity index (χ1) is 9.25. The number of amides is 2. The number of carbonyl (C=O) groups excluding carboxylic acids is 2. The first-order valence-electron chi connectivity index (χ1n) is 6.21. The topological polar surface area (TPSA) is 92.3 Å². The van der Waals surface area contributed by atoms with Crippen LogP contribution < -0.4 is 10.0 Å². The van der Waals surface area contributed by atoms with Gasteiger partial charge in [-0.05, 0) is 45.0 Å². The quantitative estimate of drug-likeness (QED) is 0.845. The van der Waals surface area contributed by atoms with Gasteiger partial charge < -0.3 is 5.32 Å². The van der Waals surface area contributed by atoms with Crippen molar-refractivity contribution >= 4 is 21.8 Å². The molecule has 0 saturated heterocycles. The van der Waals surface area contributed by atoms with Crippen LogP contribution in [0.25, 0.3) is 0 Å². The van der Waals surface area contributed by atoms with Gasteiger partial charge in [-0.25, -0.2) is 13.1 Å². The molecule has 0 aromatic heterocycles. The van der Waals surface area contributed by atoms with Crippen LogP contribution in [0.15, 0.2) is 24.3 Å². The fourth-order valence-corrected chi connectivity index (χ4v) is 1.94. The number of benzene rings is 1. The lowest BCUT2D eigenvalue weighted by Crippen LogP contribution is -2.32. The maximum Gasteiger partial charge on any atom is 0.264 e. The first-order valence-corrected chi connectivity index (χ1v) is 7.86. The van der Waals surface area contributed by atoms with Gasteiger partial charge in [-0.3, -0.25) is 9.59 Å². The van der Waals surface area contributed by atoms with Crippen molar-refractivity contribution in [1.82, 2.24) is 10.0 Å². The lowest BCUT2D eigenvalue weighted by atomic mass is 10.1. The Morgan fingerprint density at radius 3 is 1.90 bits per heavy atom. The maximum absolute atomic E-state index is 11.7. The Labute approximate surface area is 118 Å². The van der Waals surface area contributed by atoms with Crippen molar-refractivity contribution < 1.29 is 18.0 Å². The molecule has 2 N–H and O–H groups in total. The minimum Gasteiger partial charge on any atom is -0.350 e. The highest BCUT2D eigenvalue weighted by atomic mass is 32.2. The molecule has 2 amide bonds. The summed E-state index contributed by atoms with van der Waals surface area (Å²) in [7, 11) is -3.59. The molecule has 0 aliphatic carbocycles. The summed E-state index contributed by atoms with van der Waals surface area (Å²) in [5, 5.41) is 2.72. The third kappa shape index (κ3) is 4.65. The zero-order valence-corrected chi connectivity index (χ0v) is 12.5. The molecule has 0 unspecified atom stereocenters. The summed E-state index contributed by atoms with van der Waals surface area (Å²) in [4.78, 5) is 23.4. The largest absolute Gasteiger partial charge is 0.350 e. The molecule has 1 rings (SSSR count). The van der Waals surface area contributed by atoms with E-state index in [1.54, 1.807) is 0 Å². The molecule has 0 bridgehead atoms. The molecule has 0 radical (unpaired) electrons. The molecule has 0 aliphatic heterocycles. The molecule has 0 saturated carbocycles. The predicted octanol–water partition coefficient (Wildman–Crippen LogP) is 0.904. The standard InChI is InChI=1S/C13H18N2O4S/c1-4-20(18,19)15-13(17)11-7-5-10(6-8-11)12(16)14-9(2)3/h5-9H,4H2,1-3H3,(H,14,16)(H,15,17). The third-order valence-electron chi connectivity index (χ3n) is 2.46. The lowest BCUT2D eigenvalue weighted by molar-refractivity contribution is 0.0939. The van der Waals surface area contributed by atoms with Gasteiger partial charge in [-0.1, -0.05) is 0 Å². The Kier molecular flexibility index (Phi) is 5.26. The summed E-state index contributed by atoms with van der Waals surface area (Å²) in [6.07, 6.45) is 0. The van der Waals surface area contributed by atoms with E-state index in [1.807, 2.05) is 18.6 Å². The van der Waals surface area contributed by atoms with E-state index in [-0.39, 0.29) is 23.3 Å². The second-order valence-electron chi connectivity index (χ2n) is 4.54. The summed E-state index contributed by atoms with van der Waals surface area (Å²) >= 11 is 0. The van der Waals surface area contributed by atoms with Crippen LogP contribution in [0, 0.1) is 0 Å². The molecule has 6 nitrogen and oxygen atoms in total. The van der Waals surface area contributed by atoms with Crippen LogP contribution in [0.3, 0.4) is 0 Å². The molecule has 0 aliphatic rings. The second-order valence-corrected chi connectivity index (χ2v) is 6.55. The van der Waals surface area contributed by atoms with E-state index >= 15 is 0 Å². The van der Waals surface area contributed by atoms with Crippen LogP contribution in [0.1, 0.15) is 41.5 Å². The number of sulfonamides is 1. The van der Waals surface area contributed by atoms with Gasteiger partial charge >= 0.3 is 0 Å². The highest BCUT2D eigenvalue weighted by Crippen LogP contribution is 2.05. The Hall–Kier alpha value is -1.89. The van der Waals surface area contributed by atoms with Gasteiger partial charge in [0.2, 0.25) is 10.0 Å². The zero-order chi connectivity index (χ0) is 15.3. The van der Waals surface area contributed by atoms with Crippen molar-refractivity contribution in [1.29, 1.82) is 0 Å². The molecule has 1 aromatic carbocycles. The summed E-state index contributed by atoms with van der Waals surface area (Å²) < 4.78 is 24.5. The van der Waals surface area contributed by atoms with Crippen molar-refractivity contribution in [3.63, 3.8) is 0 Å². The van der Waals surface area contributed by atoms with Crippen LogP contribution in [-0.4, -0.2) is 32.0 Å². The van der Waals surface area contributed by atoms with Gasteiger partial charge in [-0.2, -0.15) is 0 Å². The van der Waals surface area contributed by atoms with Crippen LogP contribution in [0.2, 0.25) is 0 Å².